The van der Waals surface area contributed by atoms with Crippen molar-refractivity contribution in [2.45, 2.75) is 51.5 Å². The van der Waals surface area contributed by atoms with Crippen molar-refractivity contribution in [1.29, 1.82) is 5.26 Å². The molecule has 0 saturated carbocycles. The Kier molecular flexibility index (Phi) is 6.98. The third-order valence-corrected chi connectivity index (χ3v) is 5.41. The molecule has 3 rings (SSSR count). The van der Waals surface area contributed by atoms with Gasteiger partial charge in [0, 0.05) is 39.4 Å². The first-order chi connectivity index (χ1) is 14.7. The predicted molar refractivity (Wildman–Crippen MR) is 118 cm³/mol. The van der Waals surface area contributed by atoms with E-state index in [0.29, 0.717) is 25.2 Å². The fraction of sp³-hybridized carbons (Fsp3) is 0.522. The molecule has 0 bridgehead atoms. The van der Waals surface area contributed by atoms with Gasteiger partial charge in [-0.3, -0.25) is 9.69 Å². The second-order valence-corrected chi connectivity index (χ2v) is 8.82. The zero-order valence-electron chi connectivity index (χ0n) is 18.6. The molecule has 0 aliphatic carbocycles. The molecule has 2 heterocycles. The van der Waals surface area contributed by atoms with Crippen LogP contribution in [0, 0.1) is 11.3 Å². The van der Waals surface area contributed by atoms with Crippen LogP contribution in [0.1, 0.15) is 32.8 Å². The van der Waals surface area contributed by atoms with E-state index in [1.807, 2.05) is 26.8 Å². The first kappa shape index (κ1) is 22.8. The van der Waals surface area contributed by atoms with Gasteiger partial charge >= 0.3 is 6.09 Å². The molecular formula is C23H30N4O4. The third-order valence-electron chi connectivity index (χ3n) is 5.41. The number of fused-ring (bicyclic) bond motifs is 1. The number of carbonyl (C=O) groups is 1. The summed E-state index contributed by atoms with van der Waals surface area (Å²) in [7, 11) is 1.64. The van der Waals surface area contributed by atoms with Crippen LogP contribution in [0.3, 0.4) is 0 Å². The highest BCUT2D eigenvalue weighted by Gasteiger charge is 2.31. The van der Waals surface area contributed by atoms with Crippen LogP contribution in [-0.2, 0) is 16.0 Å². The van der Waals surface area contributed by atoms with Gasteiger partial charge in [-0.2, -0.15) is 5.26 Å². The van der Waals surface area contributed by atoms with Crippen LogP contribution >= 0.6 is 0 Å². The molecule has 1 aromatic carbocycles. The zero-order valence-corrected chi connectivity index (χ0v) is 18.6. The molecule has 2 aromatic rings. The van der Waals surface area contributed by atoms with E-state index in [1.165, 1.54) is 0 Å². The second kappa shape index (κ2) is 9.50. The molecular weight excluding hydrogens is 396 g/mol. The molecule has 1 fully saturated rings. The quantitative estimate of drug-likeness (QED) is 0.789. The lowest BCUT2D eigenvalue weighted by atomic mass is 10.0. The normalized spacial score (nSPS) is 19.7. The number of ether oxygens (including phenoxy) is 2. The highest BCUT2D eigenvalue weighted by molar-refractivity contribution is 5.80. The molecule has 31 heavy (non-hydrogen) atoms. The molecule has 1 aromatic heterocycles. The Morgan fingerprint density at radius 1 is 1.26 bits per heavy atom. The SMILES string of the molecule is CO[C@@H]1CN(CCn2c(=O)ccc3ccc(C#N)cc32)CC[C@@H]1NC(=O)OC(C)(C)C. The summed E-state index contributed by atoms with van der Waals surface area (Å²) in [6.07, 6.45) is 0.111. The minimum absolute atomic E-state index is 0.0904. The molecule has 1 amide bonds. The molecule has 0 radical (unpaired) electrons. The third kappa shape index (κ3) is 5.84. The van der Waals surface area contributed by atoms with E-state index in [2.05, 4.69) is 16.3 Å². The Hall–Kier alpha value is -2.89. The van der Waals surface area contributed by atoms with Crippen LogP contribution in [-0.4, -0.2) is 60.1 Å². The number of piperidine rings is 1. The van der Waals surface area contributed by atoms with Crippen molar-refractivity contribution in [2.24, 2.45) is 0 Å². The van der Waals surface area contributed by atoms with Crippen molar-refractivity contribution in [2.75, 3.05) is 26.7 Å². The summed E-state index contributed by atoms with van der Waals surface area (Å²) in [6.45, 7) is 8.07. The van der Waals surface area contributed by atoms with Gasteiger partial charge in [0.05, 0.1) is 29.3 Å². The van der Waals surface area contributed by atoms with Crippen molar-refractivity contribution in [3.8, 4) is 6.07 Å². The molecule has 1 aliphatic rings. The summed E-state index contributed by atoms with van der Waals surface area (Å²) < 4.78 is 12.7. The Bertz CT molecular complexity index is 1030. The number of hydrogen-bond acceptors (Lipinski definition) is 6. The summed E-state index contributed by atoms with van der Waals surface area (Å²) in [5.41, 5.74) is 0.647. The van der Waals surface area contributed by atoms with Gasteiger partial charge in [-0.15, -0.1) is 0 Å². The largest absolute Gasteiger partial charge is 0.444 e. The van der Waals surface area contributed by atoms with Gasteiger partial charge in [0.1, 0.15) is 5.60 Å². The van der Waals surface area contributed by atoms with Gasteiger partial charge in [0.15, 0.2) is 0 Å². The van der Waals surface area contributed by atoms with Gasteiger partial charge in [0.25, 0.3) is 5.56 Å². The maximum absolute atomic E-state index is 12.5. The van der Waals surface area contributed by atoms with E-state index in [1.54, 1.807) is 35.9 Å². The fourth-order valence-electron chi connectivity index (χ4n) is 3.88. The molecule has 1 saturated heterocycles. The lowest BCUT2D eigenvalue weighted by molar-refractivity contribution is -0.00306. The lowest BCUT2D eigenvalue weighted by Gasteiger charge is -2.38. The number of alkyl carbamates (subject to hydrolysis) is 1. The monoisotopic (exact) mass is 426 g/mol. The Labute approximate surface area is 182 Å². The van der Waals surface area contributed by atoms with E-state index in [4.69, 9.17) is 9.47 Å². The number of pyridine rings is 1. The smallest absolute Gasteiger partial charge is 0.407 e. The summed E-state index contributed by atoms with van der Waals surface area (Å²) in [4.78, 5) is 26.8. The minimum Gasteiger partial charge on any atom is -0.444 e. The maximum Gasteiger partial charge on any atom is 0.407 e. The standard InChI is InChI=1S/C23H30N4O4/c1-23(2,3)31-22(29)25-18-9-10-26(15-20(18)30-4)11-12-27-19-13-16(14-24)5-6-17(19)7-8-21(27)28/h5-8,13,18,20H,9-12,15H2,1-4H3,(H,25,29)/t18-,20+/m0/s1. The second-order valence-electron chi connectivity index (χ2n) is 8.82. The van der Waals surface area contributed by atoms with Gasteiger partial charge in [-0.1, -0.05) is 6.07 Å². The molecule has 1 N–H and O–H groups in total. The fourth-order valence-corrected chi connectivity index (χ4v) is 3.88. The van der Waals surface area contributed by atoms with Crippen molar-refractivity contribution >= 4 is 17.0 Å². The Morgan fingerprint density at radius 3 is 2.68 bits per heavy atom. The summed E-state index contributed by atoms with van der Waals surface area (Å²) >= 11 is 0. The topological polar surface area (TPSA) is 96.6 Å². The van der Waals surface area contributed by atoms with Crippen LogP contribution in [0.25, 0.3) is 10.9 Å². The molecule has 166 valence electrons. The Balaban J connectivity index is 1.65. The van der Waals surface area contributed by atoms with Crippen LogP contribution < -0.4 is 10.9 Å². The predicted octanol–water partition coefficient (Wildman–Crippen LogP) is 2.49. The van der Waals surface area contributed by atoms with Crippen molar-refractivity contribution < 1.29 is 14.3 Å². The molecule has 8 nitrogen and oxygen atoms in total. The van der Waals surface area contributed by atoms with Gasteiger partial charge < -0.3 is 19.4 Å². The number of amides is 1. The molecule has 1 aliphatic heterocycles. The van der Waals surface area contributed by atoms with Gasteiger partial charge in [-0.05, 0) is 50.8 Å². The van der Waals surface area contributed by atoms with Gasteiger partial charge in [-0.25, -0.2) is 4.79 Å². The van der Waals surface area contributed by atoms with Crippen molar-refractivity contribution in [3.05, 3.63) is 46.2 Å². The number of nitrogens with one attached hydrogen (secondary N) is 1. The maximum atomic E-state index is 12.5. The summed E-state index contributed by atoms with van der Waals surface area (Å²) in [6, 6.07) is 10.7. The molecule has 0 unspecified atom stereocenters. The summed E-state index contributed by atoms with van der Waals surface area (Å²) in [5.74, 6) is 0. The first-order valence-corrected chi connectivity index (χ1v) is 10.5. The molecule has 8 heteroatoms. The highest BCUT2D eigenvalue weighted by atomic mass is 16.6. The minimum atomic E-state index is -0.551. The van der Waals surface area contributed by atoms with E-state index >= 15 is 0 Å². The number of nitriles is 1. The number of rotatable bonds is 5. The summed E-state index contributed by atoms with van der Waals surface area (Å²) in [5, 5.41) is 13.0. The van der Waals surface area contributed by atoms with Crippen LogP contribution in [0.2, 0.25) is 0 Å². The van der Waals surface area contributed by atoms with E-state index in [0.717, 1.165) is 23.9 Å². The number of carbonyl (C=O) groups excluding carboxylic acids is 1. The van der Waals surface area contributed by atoms with E-state index < -0.39 is 11.7 Å². The Morgan fingerprint density at radius 2 is 2.00 bits per heavy atom. The van der Waals surface area contributed by atoms with Crippen LogP contribution in [0.5, 0.6) is 0 Å². The molecule has 0 spiro atoms. The zero-order chi connectivity index (χ0) is 22.6. The van der Waals surface area contributed by atoms with E-state index in [9.17, 15) is 14.9 Å². The average molecular weight is 427 g/mol. The van der Waals surface area contributed by atoms with Crippen LogP contribution in [0.15, 0.2) is 35.1 Å². The number of likely N-dealkylation sites (tertiary alicyclic amines) is 1. The highest BCUT2D eigenvalue weighted by Crippen LogP contribution is 2.17. The van der Waals surface area contributed by atoms with Gasteiger partial charge in [0.2, 0.25) is 0 Å². The van der Waals surface area contributed by atoms with E-state index in [-0.39, 0.29) is 17.7 Å². The average Bonchev–Trinajstić information content (AvgIpc) is 2.72. The number of methoxy groups -OCH3 is 1. The number of benzene rings is 1. The number of hydrogen-bond donors (Lipinski definition) is 1. The first-order valence-electron chi connectivity index (χ1n) is 10.5. The number of nitrogens with zero attached hydrogens (tertiary/aromatic N) is 3. The lowest BCUT2D eigenvalue weighted by Crippen LogP contribution is -2.55. The molecule has 2 atom stereocenters. The van der Waals surface area contributed by atoms with Crippen LogP contribution in [0.4, 0.5) is 4.79 Å². The number of aromatic nitrogens is 1. The van der Waals surface area contributed by atoms with Crippen molar-refractivity contribution in [3.63, 3.8) is 0 Å². The van der Waals surface area contributed by atoms with Crippen molar-refractivity contribution in [1.82, 2.24) is 14.8 Å².